The van der Waals surface area contributed by atoms with Crippen molar-refractivity contribution >= 4 is 15.8 Å². The predicted octanol–water partition coefficient (Wildman–Crippen LogP) is 1.69. The van der Waals surface area contributed by atoms with E-state index < -0.39 is 9.84 Å². The van der Waals surface area contributed by atoms with E-state index in [9.17, 15) is 13.2 Å². The van der Waals surface area contributed by atoms with E-state index in [2.05, 4.69) is 0 Å². The van der Waals surface area contributed by atoms with Gasteiger partial charge in [0.05, 0.1) is 11.5 Å². The lowest BCUT2D eigenvalue weighted by molar-refractivity contribution is -0.151. The minimum Gasteiger partial charge on any atom is -0.462 e. The third-order valence-electron chi connectivity index (χ3n) is 3.63. The van der Waals surface area contributed by atoms with Crippen molar-refractivity contribution < 1.29 is 17.9 Å². The second-order valence-electron chi connectivity index (χ2n) is 5.22. The topological polar surface area (TPSA) is 60.4 Å². The molecule has 0 aromatic heterocycles. The third kappa shape index (κ3) is 3.98. The molecule has 2 rings (SSSR count). The minimum absolute atomic E-state index is 0.0175. The third-order valence-corrected chi connectivity index (χ3v) is 5.47. The summed E-state index contributed by atoms with van der Waals surface area (Å²) in [4.78, 5) is 11.7. The number of hydrogen-bond donors (Lipinski definition) is 0. The fourth-order valence-corrected chi connectivity index (χ4v) is 4.55. The van der Waals surface area contributed by atoms with Gasteiger partial charge in [0.1, 0.15) is 6.10 Å². The Morgan fingerprint density at radius 3 is 2.41 bits per heavy atom. The molecule has 1 unspecified atom stereocenters. The van der Waals surface area contributed by atoms with Crippen molar-refractivity contribution in [3.63, 3.8) is 0 Å². The molecule has 1 aliphatic carbocycles. The molecule has 0 radical (unpaired) electrons. The van der Waals surface area contributed by atoms with Gasteiger partial charge in [-0.1, -0.05) is 6.42 Å². The van der Waals surface area contributed by atoms with Crippen LogP contribution >= 0.6 is 0 Å². The molecule has 0 bridgehead atoms. The summed E-state index contributed by atoms with van der Waals surface area (Å²) in [5.74, 6) is 0.163. The molecule has 4 nitrogen and oxygen atoms in total. The zero-order valence-corrected chi connectivity index (χ0v) is 10.9. The molecule has 0 aromatic carbocycles. The first-order chi connectivity index (χ1) is 8.05. The van der Waals surface area contributed by atoms with Gasteiger partial charge in [-0.2, -0.15) is 0 Å². The van der Waals surface area contributed by atoms with Crippen molar-refractivity contribution in [2.24, 2.45) is 5.92 Å². The summed E-state index contributed by atoms with van der Waals surface area (Å²) in [6.45, 7) is 0. The quantitative estimate of drug-likeness (QED) is 0.724. The molecule has 17 heavy (non-hydrogen) atoms. The van der Waals surface area contributed by atoms with E-state index in [4.69, 9.17) is 4.74 Å². The van der Waals surface area contributed by atoms with Crippen molar-refractivity contribution in [2.75, 3.05) is 11.5 Å². The first-order valence-electron chi connectivity index (χ1n) is 6.45. The Kier molecular flexibility index (Phi) is 4.07. The van der Waals surface area contributed by atoms with Crippen molar-refractivity contribution in [2.45, 2.75) is 51.0 Å². The van der Waals surface area contributed by atoms with Crippen LogP contribution in [-0.4, -0.2) is 32.0 Å². The predicted molar refractivity (Wildman–Crippen MR) is 64.3 cm³/mol. The molecular weight excluding hydrogens is 240 g/mol. The van der Waals surface area contributed by atoms with Gasteiger partial charge in [-0.25, -0.2) is 8.42 Å². The minimum atomic E-state index is -2.88. The number of rotatable bonds is 3. The largest absolute Gasteiger partial charge is 0.462 e. The number of esters is 1. The molecule has 1 atom stereocenters. The van der Waals surface area contributed by atoms with Gasteiger partial charge >= 0.3 is 5.97 Å². The highest BCUT2D eigenvalue weighted by atomic mass is 32.2. The standard InChI is InChI=1S/C12H20O4S/c13-12(16-11-4-2-1-3-5-11)8-10-6-7-17(14,15)9-10/h10-11H,1-9H2. The van der Waals surface area contributed by atoms with E-state index in [0.29, 0.717) is 6.42 Å². The average Bonchev–Trinajstić information content (AvgIpc) is 2.59. The fraction of sp³-hybridized carbons (Fsp3) is 0.917. The summed E-state index contributed by atoms with van der Waals surface area (Å²) in [5, 5.41) is 0. The smallest absolute Gasteiger partial charge is 0.306 e. The fourth-order valence-electron chi connectivity index (χ4n) is 2.69. The van der Waals surface area contributed by atoms with Crippen molar-refractivity contribution in [3.05, 3.63) is 0 Å². The van der Waals surface area contributed by atoms with Crippen LogP contribution in [0.25, 0.3) is 0 Å². The van der Waals surface area contributed by atoms with E-state index in [-0.39, 0.29) is 35.9 Å². The van der Waals surface area contributed by atoms with Crippen LogP contribution < -0.4 is 0 Å². The van der Waals surface area contributed by atoms with Crippen LogP contribution in [0.1, 0.15) is 44.9 Å². The summed E-state index contributed by atoms with van der Waals surface area (Å²) < 4.78 is 27.9. The van der Waals surface area contributed by atoms with E-state index in [1.165, 1.54) is 6.42 Å². The van der Waals surface area contributed by atoms with Crippen LogP contribution in [0.4, 0.5) is 0 Å². The zero-order valence-electron chi connectivity index (χ0n) is 10.1. The van der Waals surface area contributed by atoms with Gasteiger partial charge in [0.2, 0.25) is 0 Å². The van der Waals surface area contributed by atoms with Crippen LogP contribution in [-0.2, 0) is 19.4 Å². The highest BCUT2D eigenvalue weighted by molar-refractivity contribution is 7.91. The molecule has 2 aliphatic rings. The number of ether oxygens (including phenoxy) is 1. The van der Waals surface area contributed by atoms with Crippen molar-refractivity contribution in [3.8, 4) is 0 Å². The normalized spacial score (nSPS) is 29.1. The van der Waals surface area contributed by atoms with E-state index in [0.717, 1.165) is 25.7 Å². The molecule has 98 valence electrons. The second kappa shape index (κ2) is 5.38. The molecule has 0 amide bonds. The molecule has 0 N–H and O–H groups in total. The number of hydrogen-bond acceptors (Lipinski definition) is 4. The Hall–Kier alpha value is -0.580. The number of carbonyl (C=O) groups is 1. The lowest BCUT2D eigenvalue weighted by atomic mass is 9.97. The summed E-state index contributed by atoms with van der Waals surface area (Å²) in [6, 6.07) is 0. The Morgan fingerprint density at radius 2 is 1.82 bits per heavy atom. The van der Waals surface area contributed by atoms with Gasteiger partial charge in [0, 0.05) is 6.42 Å². The lowest BCUT2D eigenvalue weighted by Gasteiger charge is -2.22. The Morgan fingerprint density at radius 1 is 1.12 bits per heavy atom. The molecule has 2 fully saturated rings. The Bertz CT molecular complexity index is 368. The zero-order chi connectivity index (χ0) is 12.3. The average molecular weight is 260 g/mol. The molecular formula is C12H20O4S. The molecule has 0 aromatic rings. The maximum atomic E-state index is 11.7. The van der Waals surface area contributed by atoms with Crippen LogP contribution in [0.5, 0.6) is 0 Å². The summed E-state index contributed by atoms with van der Waals surface area (Å²) in [5.41, 5.74) is 0. The van der Waals surface area contributed by atoms with Crippen LogP contribution in [0, 0.1) is 5.92 Å². The Labute approximate surface area is 103 Å². The molecule has 0 spiro atoms. The molecule has 5 heteroatoms. The van der Waals surface area contributed by atoms with Crippen LogP contribution in [0.2, 0.25) is 0 Å². The van der Waals surface area contributed by atoms with Crippen LogP contribution in [0.3, 0.4) is 0 Å². The van der Waals surface area contributed by atoms with Gasteiger partial charge in [-0.15, -0.1) is 0 Å². The van der Waals surface area contributed by atoms with Crippen molar-refractivity contribution in [1.82, 2.24) is 0 Å². The maximum absolute atomic E-state index is 11.7. The molecule has 1 saturated heterocycles. The first kappa shape index (κ1) is 12.9. The monoisotopic (exact) mass is 260 g/mol. The van der Waals surface area contributed by atoms with E-state index >= 15 is 0 Å². The van der Waals surface area contributed by atoms with Gasteiger partial charge in [-0.3, -0.25) is 4.79 Å². The summed E-state index contributed by atoms with van der Waals surface area (Å²) >= 11 is 0. The van der Waals surface area contributed by atoms with Crippen molar-refractivity contribution in [1.29, 1.82) is 0 Å². The van der Waals surface area contributed by atoms with E-state index in [1.54, 1.807) is 0 Å². The van der Waals surface area contributed by atoms with Gasteiger partial charge in [-0.05, 0) is 38.0 Å². The van der Waals surface area contributed by atoms with E-state index in [1.807, 2.05) is 0 Å². The number of carbonyl (C=O) groups excluding carboxylic acids is 1. The van der Waals surface area contributed by atoms with Gasteiger partial charge < -0.3 is 4.74 Å². The Balaban J connectivity index is 1.74. The SMILES string of the molecule is O=C(CC1CCS(=O)(=O)C1)OC1CCCCC1. The summed E-state index contributed by atoms with van der Waals surface area (Å²) in [7, 11) is -2.88. The first-order valence-corrected chi connectivity index (χ1v) is 8.27. The molecule has 1 saturated carbocycles. The number of sulfone groups is 1. The maximum Gasteiger partial charge on any atom is 0.306 e. The van der Waals surface area contributed by atoms with Gasteiger partial charge in [0.25, 0.3) is 0 Å². The molecule has 1 heterocycles. The summed E-state index contributed by atoms with van der Waals surface area (Å²) in [6.07, 6.45) is 6.40. The highest BCUT2D eigenvalue weighted by Crippen LogP contribution is 2.24. The van der Waals surface area contributed by atoms with Crippen LogP contribution in [0.15, 0.2) is 0 Å². The highest BCUT2D eigenvalue weighted by Gasteiger charge is 2.30. The van der Waals surface area contributed by atoms with Gasteiger partial charge in [0.15, 0.2) is 9.84 Å². The second-order valence-corrected chi connectivity index (χ2v) is 7.45. The lowest BCUT2D eigenvalue weighted by Crippen LogP contribution is -2.22. The molecule has 1 aliphatic heterocycles.